The summed E-state index contributed by atoms with van der Waals surface area (Å²) < 4.78 is 1.09. The molecule has 2 aromatic carbocycles. The van der Waals surface area contributed by atoms with Gasteiger partial charge in [-0.1, -0.05) is 35.6 Å². The number of rotatable bonds is 6. The minimum Gasteiger partial charge on any atom is -0.355 e. The molecule has 3 rings (SSSR count). The van der Waals surface area contributed by atoms with Crippen molar-refractivity contribution in [1.82, 2.24) is 15.2 Å². The molecule has 0 spiro atoms. The molecule has 0 aliphatic heterocycles. The Kier molecular flexibility index (Phi) is 5.71. The number of nitrogens with zero attached hydrogens (tertiary/aromatic N) is 2. The molecule has 1 aromatic heterocycles. The summed E-state index contributed by atoms with van der Waals surface area (Å²) in [6, 6.07) is 14.7. The highest BCUT2D eigenvalue weighted by atomic mass is 32.1. The van der Waals surface area contributed by atoms with Gasteiger partial charge in [0.2, 0.25) is 5.91 Å². The Labute approximate surface area is 162 Å². The van der Waals surface area contributed by atoms with Gasteiger partial charge in [-0.05, 0) is 36.8 Å². The molecule has 2 N–H and O–H groups in total. The van der Waals surface area contributed by atoms with Gasteiger partial charge in [0.1, 0.15) is 6.04 Å². The van der Waals surface area contributed by atoms with Crippen molar-refractivity contribution in [3.63, 3.8) is 0 Å². The predicted octanol–water partition coefficient (Wildman–Crippen LogP) is 3.11. The third kappa shape index (κ3) is 4.43. The minimum atomic E-state index is -0.388. The van der Waals surface area contributed by atoms with Gasteiger partial charge in [0, 0.05) is 26.2 Å². The highest BCUT2D eigenvalue weighted by molar-refractivity contribution is 7.22. The summed E-state index contributed by atoms with van der Waals surface area (Å²) in [7, 11) is 3.37. The van der Waals surface area contributed by atoms with Crippen molar-refractivity contribution < 1.29 is 9.59 Å². The van der Waals surface area contributed by atoms with E-state index < -0.39 is 0 Å². The SMILES string of the molecule is CNC(=O)c1ccc(CN(C)C(=O)C(C)Nc2nc3ccccc3s2)cc1. The molecule has 0 aliphatic carbocycles. The average molecular weight is 382 g/mol. The number of hydrogen-bond donors (Lipinski definition) is 2. The van der Waals surface area contributed by atoms with Gasteiger partial charge in [-0.2, -0.15) is 0 Å². The van der Waals surface area contributed by atoms with Crippen LogP contribution in [-0.4, -0.2) is 41.8 Å². The van der Waals surface area contributed by atoms with Crippen molar-refractivity contribution in [2.24, 2.45) is 0 Å². The number of amides is 2. The Balaban J connectivity index is 1.61. The molecule has 0 aliphatic rings. The highest BCUT2D eigenvalue weighted by Gasteiger charge is 2.19. The van der Waals surface area contributed by atoms with E-state index >= 15 is 0 Å². The van der Waals surface area contributed by atoms with Crippen LogP contribution in [0.2, 0.25) is 0 Å². The summed E-state index contributed by atoms with van der Waals surface area (Å²) in [6.07, 6.45) is 0. The lowest BCUT2D eigenvalue weighted by atomic mass is 10.1. The zero-order valence-corrected chi connectivity index (χ0v) is 16.3. The van der Waals surface area contributed by atoms with Gasteiger partial charge in [-0.25, -0.2) is 4.98 Å². The quantitative estimate of drug-likeness (QED) is 0.687. The minimum absolute atomic E-state index is 0.0235. The van der Waals surface area contributed by atoms with Crippen LogP contribution in [0.3, 0.4) is 0 Å². The van der Waals surface area contributed by atoms with E-state index in [0.717, 1.165) is 20.9 Å². The molecular formula is C20H22N4O2S. The Bertz CT molecular complexity index is 919. The molecule has 140 valence electrons. The third-order valence-corrected chi connectivity index (χ3v) is 5.21. The molecule has 6 nitrogen and oxygen atoms in total. The topological polar surface area (TPSA) is 74.3 Å². The van der Waals surface area contributed by atoms with Crippen molar-refractivity contribution in [2.75, 3.05) is 19.4 Å². The molecule has 0 fully saturated rings. The van der Waals surface area contributed by atoms with E-state index in [4.69, 9.17) is 0 Å². The normalized spacial score (nSPS) is 11.8. The Morgan fingerprint density at radius 2 is 1.85 bits per heavy atom. The van der Waals surface area contributed by atoms with E-state index in [1.807, 2.05) is 43.3 Å². The summed E-state index contributed by atoms with van der Waals surface area (Å²) in [5.41, 5.74) is 2.49. The predicted molar refractivity (Wildman–Crippen MR) is 109 cm³/mol. The fourth-order valence-electron chi connectivity index (χ4n) is 2.77. The van der Waals surface area contributed by atoms with Crippen molar-refractivity contribution in [2.45, 2.75) is 19.5 Å². The van der Waals surface area contributed by atoms with Crippen molar-refractivity contribution in [3.8, 4) is 0 Å². The first-order chi connectivity index (χ1) is 13.0. The van der Waals surface area contributed by atoms with E-state index in [0.29, 0.717) is 12.1 Å². The summed E-state index contributed by atoms with van der Waals surface area (Å²) in [4.78, 5) is 30.4. The molecule has 1 unspecified atom stereocenters. The van der Waals surface area contributed by atoms with Crippen LogP contribution in [-0.2, 0) is 11.3 Å². The summed E-state index contributed by atoms with van der Waals surface area (Å²) in [6.45, 7) is 2.30. The van der Waals surface area contributed by atoms with Gasteiger partial charge >= 0.3 is 0 Å². The highest BCUT2D eigenvalue weighted by Crippen LogP contribution is 2.26. The second-order valence-corrected chi connectivity index (χ2v) is 7.35. The molecule has 3 aromatic rings. The van der Waals surface area contributed by atoms with E-state index in [1.165, 1.54) is 11.3 Å². The maximum atomic E-state index is 12.7. The van der Waals surface area contributed by atoms with Crippen LogP contribution in [0.25, 0.3) is 10.2 Å². The smallest absolute Gasteiger partial charge is 0.251 e. The fraction of sp³-hybridized carbons (Fsp3) is 0.250. The Morgan fingerprint density at radius 1 is 1.15 bits per heavy atom. The first-order valence-electron chi connectivity index (χ1n) is 8.66. The monoisotopic (exact) mass is 382 g/mol. The van der Waals surface area contributed by atoms with Crippen LogP contribution in [0.1, 0.15) is 22.8 Å². The van der Waals surface area contributed by atoms with Gasteiger partial charge in [-0.3, -0.25) is 9.59 Å². The van der Waals surface area contributed by atoms with Gasteiger partial charge in [0.15, 0.2) is 5.13 Å². The lowest BCUT2D eigenvalue weighted by Gasteiger charge is -2.22. The summed E-state index contributed by atoms with van der Waals surface area (Å²) in [5, 5.41) is 6.52. The van der Waals surface area contributed by atoms with Crippen molar-refractivity contribution in [3.05, 3.63) is 59.7 Å². The van der Waals surface area contributed by atoms with Crippen molar-refractivity contribution >= 4 is 38.5 Å². The average Bonchev–Trinajstić information content (AvgIpc) is 3.09. The number of thiazole rings is 1. The van der Waals surface area contributed by atoms with Crippen molar-refractivity contribution in [1.29, 1.82) is 0 Å². The number of carbonyl (C=O) groups is 2. The van der Waals surface area contributed by atoms with Crippen LogP contribution >= 0.6 is 11.3 Å². The number of para-hydroxylation sites is 1. The van der Waals surface area contributed by atoms with E-state index in [2.05, 4.69) is 15.6 Å². The molecule has 0 saturated heterocycles. The number of carbonyl (C=O) groups excluding carboxylic acids is 2. The second-order valence-electron chi connectivity index (χ2n) is 6.32. The maximum absolute atomic E-state index is 12.7. The van der Waals surface area contributed by atoms with E-state index in [9.17, 15) is 9.59 Å². The number of hydrogen-bond acceptors (Lipinski definition) is 5. The number of benzene rings is 2. The number of likely N-dealkylation sites (N-methyl/N-ethyl adjacent to an activating group) is 1. The molecule has 0 radical (unpaired) electrons. The first-order valence-corrected chi connectivity index (χ1v) is 9.47. The molecule has 0 bridgehead atoms. The summed E-state index contributed by atoms with van der Waals surface area (Å²) >= 11 is 1.53. The molecule has 1 atom stereocenters. The van der Waals surface area contributed by atoms with Crippen LogP contribution in [0.5, 0.6) is 0 Å². The molecule has 1 heterocycles. The zero-order valence-electron chi connectivity index (χ0n) is 15.5. The molecule has 2 amide bonds. The third-order valence-electron chi connectivity index (χ3n) is 4.24. The van der Waals surface area contributed by atoms with Crippen LogP contribution in [0.4, 0.5) is 5.13 Å². The number of fused-ring (bicyclic) bond motifs is 1. The lowest BCUT2D eigenvalue weighted by Crippen LogP contribution is -2.38. The Hall–Kier alpha value is -2.93. The molecule has 0 saturated carbocycles. The maximum Gasteiger partial charge on any atom is 0.251 e. The summed E-state index contributed by atoms with van der Waals surface area (Å²) in [5.74, 6) is -0.149. The van der Waals surface area contributed by atoms with E-state index in [-0.39, 0.29) is 17.9 Å². The van der Waals surface area contributed by atoms with Crippen LogP contribution in [0.15, 0.2) is 48.5 Å². The van der Waals surface area contributed by atoms with Crippen LogP contribution in [0, 0.1) is 0 Å². The van der Waals surface area contributed by atoms with Gasteiger partial charge < -0.3 is 15.5 Å². The molecule has 7 heteroatoms. The second kappa shape index (κ2) is 8.18. The van der Waals surface area contributed by atoms with Gasteiger partial charge in [-0.15, -0.1) is 0 Å². The Morgan fingerprint density at radius 3 is 2.52 bits per heavy atom. The first kappa shape index (κ1) is 18.8. The number of anilines is 1. The van der Waals surface area contributed by atoms with Gasteiger partial charge in [0.05, 0.1) is 10.2 Å². The number of nitrogens with one attached hydrogen (secondary N) is 2. The fourth-order valence-corrected chi connectivity index (χ4v) is 3.72. The van der Waals surface area contributed by atoms with Gasteiger partial charge in [0.25, 0.3) is 5.91 Å². The number of aromatic nitrogens is 1. The molecular weight excluding hydrogens is 360 g/mol. The zero-order chi connectivity index (χ0) is 19.4. The largest absolute Gasteiger partial charge is 0.355 e. The molecule has 27 heavy (non-hydrogen) atoms. The lowest BCUT2D eigenvalue weighted by molar-refractivity contribution is -0.130. The standard InChI is InChI=1S/C20H22N4O2S/c1-13(22-20-23-16-6-4-5-7-17(16)27-20)19(26)24(3)12-14-8-10-15(11-9-14)18(25)21-2/h4-11,13H,12H2,1-3H3,(H,21,25)(H,22,23). The van der Waals surface area contributed by atoms with E-state index in [1.54, 1.807) is 31.1 Å². The van der Waals surface area contributed by atoms with Crippen LogP contribution < -0.4 is 10.6 Å².